The largest absolute Gasteiger partial charge is 0.347 e. The lowest BCUT2D eigenvalue weighted by molar-refractivity contribution is 0.916. The van der Waals surface area contributed by atoms with E-state index in [9.17, 15) is 4.79 Å². The molecule has 0 fully saturated rings. The molecule has 2 aromatic heterocycles. The topological polar surface area (TPSA) is 75.1 Å². The Morgan fingerprint density at radius 1 is 1.32 bits per heavy atom. The van der Waals surface area contributed by atoms with Gasteiger partial charge in [-0.2, -0.15) is 5.10 Å². The molecule has 0 spiro atoms. The van der Waals surface area contributed by atoms with Crippen LogP contribution in [0.25, 0.3) is 10.9 Å². The third-order valence-corrected chi connectivity index (χ3v) is 3.68. The van der Waals surface area contributed by atoms with E-state index in [1.807, 2.05) is 26.1 Å². The summed E-state index contributed by atoms with van der Waals surface area (Å²) < 4.78 is 2.13. The van der Waals surface area contributed by atoms with Crippen LogP contribution in [0.1, 0.15) is 17.0 Å². The van der Waals surface area contributed by atoms with Gasteiger partial charge in [-0.1, -0.05) is 18.2 Å². The number of para-hydroxylation sites is 1. The standard InChI is InChI=1S/C16H17N5O/c1-10-8-15(22)19-16(18-10)20-17-9-13-11(2)21(3)14-7-5-4-6-12(13)14/h4-9H,1-3H3,(H2,18,19,20,22)/b17-9+. The fraction of sp³-hybridized carbons (Fsp3) is 0.188. The molecule has 0 aliphatic heterocycles. The van der Waals surface area contributed by atoms with E-state index in [2.05, 4.69) is 37.2 Å². The van der Waals surface area contributed by atoms with Crippen molar-refractivity contribution in [3.8, 4) is 0 Å². The zero-order chi connectivity index (χ0) is 15.7. The van der Waals surface area contributed by atoms with Crippen LogP contribution in [0.3, 0.4) is 0 Å². The molecule has 112 valence electrons. The van der Waals surface area contributed by atoms with Crippen LogP contribution in [0, 0.1) is 13.8 Å². The van der Waals surface area contributed by atoms with E-state index in [0.717, 1.165) is 22.2 Å². The van der Waals surface area contributed by atoms with Gasteiger partial charge >= 0.3 is 0 Å². The van der Waals surface area contributed by atoms with E-state index in [1.54, 1.807) is 13.1 Å². The molecule has 22 heavy (non-hydrogen) atoms. The monoisotopic (exact) mass is 295 g/mol. The molecule has 0 unspecified atom stereocenters. The minimum Gasteiger partial charge on any atom is -0.347 e. The summed E-state index contributed by atoms with van der Waals surface area (Å²) in [7, 11) is 2.03. The maximum atomic E-state index is 11.4. The second-order valence-electron chi connectivity index (χ2n) is 5.18. The van der Waals surface area contributed by atoms with Crippen molar-refractivity contribution in [2.45, 2.75) is 13.8 Å². The molecular weight excluding hydrogens is 278 g/mol. The third-order valence-electron chi connectivity index (χ3n) is 3.68. The van der Waals surface area contributed by atoms with Gasteiger partial charge in [-0.15, -0.1) is 0 Å². The van der Waals surface area contributed by atoms with Gasteiger partial charge < -0.3 is 4.57 Å². The van der Waals surface area contributed by atoms with Gasteiger partial charge in [0.05, 0.1) is 6.21 Å². The molecule has 6 heteroatoms. The smallest absolute Gasteiger partial charge is 0.252 e. The molecule has 3 rings (SSSR count). The molecule has 0 bridgehead atoms. The second kappa shape index (κ2) is 5.48. The highest BCUT2D eigenvalue weighted by Gasteiger charge is 2.09. The number of fused-ring (bicyclic) bond motifs is 1. The van der Waals surface area contributed by atoms with Gasteiger partial charge in [0.1, 0.15) is 0 Å². The van der Waals surface area contributed by atoms with Gasteiger partial charge in [-0.25, -0.2) is 10.4 Å². The number of aromatic nitrogens is 3. The number of aromatic amines is 1. The molecule has 6 nitrogen and oxygen atoms in total. The lowest BCUT2D eigenvalue weighted by Crippen LogP contribution is -2.10. The van der Waals surface area contributed by atoms with E-state index in [1.165, 1.54) is 6.07 Å². The molecule has 0 aliphatic carbocycles. The zero-order valence-electron chi connectivity index (χ0n) is 12.7. The number of anilines is 1. The van der Waals surface area contributed by atoms with Crippen LogP contribution in [0.5, 0.6) is 0 Å². The summed E-state index contributed by atoms with van der Waals surface area (Å²) in [4.78, 5) is 18.1. The average Bonchev–Trinajstić information content (AvgIpc) is 2.72. The molecule has 0 saturated carbocycles. The predicted molar refractivity (Wildman–Crippen MR) is 88.5 cm³/mol. The molecule has 0 aliphatic rings. The minimum atomic E-state index is -0.202. The highest BCUT2D eigenvalue weighted by atomic mass is 16.1. The molecule has 0 radical (unpaired) electrons. The lowest BCUT2D eigenvalue weighted by Gasteiger charge is -2.00. The van der Waals surface area contributed by atoms with Crippen molar-refractivity contribution >= 4 is 23.1 Å². The Morgan fingerprint density at radius 2 is 2.09 bits per heavy atom. The van der Waals surface area contributed by atoms with Gasteiger partial charge in [0.15, 0.2) is 0 Å². The summed E-state index contributed by atoms with van der Waals surface area (Å²) in [6, 6.07) is 9.60. The first-order valence-electron chi connectivity index (χ1n) is 6.97. The van der Waals surface area contributed by atoms with Crippen LogP contribution >= 0.6 is 0 Å². The normalized spacial score (nSPS) is 11.4. The first kappa shape index (κ1) is 14.1. The minimum absolute atomic E-state index is 0.202. The molecule has 3 aromatic rings. The lowest BCUT2D eigenvalue weighted by atomic mass is 10.1. The number of H-pyrrole nitrogens is 1. The number of hydrogen-bond donors (Lipinski definition) is 2. The van der Waals surface area contributed by atoms with Crippen LogP contribution in [0.15, 0.2) is 40.2 Å². The Hall–Kier alpha value is -2.89. The molecule has 2 heterocycles. The number of rotatable bonds is 3. The number of aryl methyl sites for hydroxylation is 2. The first-order valence-corrected chi connectivity index (χ1v) is 6.97. The van der Waals surface area contributed by atoms with Gasteiger partial charge in [-0.05, 0) is 19.9 Å². The average molecular weight is 295 g/mol. The van der Waals surface area contributed by atoms with Crippen molar-refractivity contribution in [3.05, 3.63) is 57.6 Å². The zero-order valence-corrected chi connectivity index (χ0v) is 12.7. The van der Waals surface area contributed by atoms with Crippen LogP contribution in [-0.4, -0.2) is 20.7 Å². The number of benzene rings is 1. The van der Waals surface area contributed by atoms with E-state index in [-0.39, 0.29) is 5.56 Å². The van der Waals surface area contributed by atoms with Crippen molar-refractivity contribution in [1.29, 1.82) is 0 Å². The van der Waals surface area contributed by atoms with Gasteiger partial charge in [0.2, 0.25) is 5.95 Å². The fourth-order valence-electron chi connectivity index (χ4n) is 2.50. The molecule has 0 amide bonds. The summed E-state index contributed by atoms with van der Waals surface area (Å²) in [6.07, 6.45) is 1.75. The number of nitrogens with one attached hydrogen (secondary N) is 2. The van der Waals surface area contributed by atoms with E-state index < -0.39 is 0 Å². The van der Waals surface area contributed by atoms with Gasteiger partial charge in [0, 0.05) is 41.0 Å². The highest BCUT2D eigenvalue weighted by molar-refractivity contribution is 6.01. The number of hydrogen-bond acceptors (Lipinski definition) is 4. The number of hydrazone groups is 1. The Kier molecular flexibility index (Phi) is 3.50. The molecule has 2 N–H and O–H groups in total. The Labute approximate surface area is 127 Å². The SMILES string of the molecule is Cc1cc(=O)[nH]c(N/N=C/c2c(C)n(C)c3ccccc23)n1. The highest BCUT2D eigenvalue weighted by Crippen LogP contribution is 2.23. The van der Waals surface area contributed by atoms with Crippen LogP contribution < -0.4 is 11.0 Å². The van der Waals surface area contributed by atoms with Crippen molar-refractivity contribution in [1.82, 2.24) is 14.5 Å². The summed E-state index contributed by atoms with van der Waals surface area (Å²) in [5.41, 5.74) is 6.53. The molecule has 0 saturated heterocycles. The molecule has 1 aromatic carbocycles. The van der Waals surface area contributed by atoms with Crippen molar-refractivity contribution in [3.63, 3.8) is 0 Å². The van der Waals surface area contributed by atoms with Crippen molar-refractivity contribution in [2.75, 3.05) is 5.43 Å². The summed E-state index contributed by atoms with van der Waals surface area (Å²) in [5, 5.41) is 5.34. The second-order valence-corrected chi connectivity index (χ2v) is 5.18. The van der Waals surface area contributed by atoms with Crippen LogP contribution in [0.2, 0.25) is 0 Å². The maximum absolute atomic E-state index is 11.4. The summed E-state index contributed by atoms with van der Waals surface area (Å²) in [6.45, 7) is 3.81. The molecular formula is C16H17N5O. The van der Waals surface area contributed by atoms with E-state index in [4.69, 9.17) is 0 Å². The Balaban J connectivity index is 1.93. The van der Waals surface area contributed by atoms with Gasteiger partial charge in [-0.3, -0.25) is 9.78 Å². The predicted octanol–water partition coefficient (Wildman–Crippen LogP) is 2.32. The summed E-state index contributed by atoms with van der Waals surface area (Å²) in [5.74, 6) is 0.333. The quantitative estimate of drug-likeness (QED) is 0.575. The fourth-order valence-corrected chi connectivity index (χ4v) is 2.50. The Bertz CT molecular complexity index is 920. The van der Waals surface area contributed by atoms with E-state index in [0.29, 0.717) is 11.6 Å². The molecule has 0 atom stereocenters. The van der Waals surface area contributed by atoms with Crippen LogP contribution in [0.4, 0.5) is 5.95 Å². The maximum Gasteiger partial charge on any atom is 0.252 e. The third kappa shape index (κ3) is 2.50. The van der Waals surface area contributed by atoms with E-state index >= 15 is 0 Å². The first-order chi connectivity index (χ1) is 10.6. The summed E-state index contributed by atoms with van der Waals surface area (Å²) >= 11 is 0. The number of nitrogens with zero attached hydrogens (tertiary/aromatic N) is 3. The Morgan fingerprint density at radius 3 is 2.86 bits per heavy atom. The van der Waals surface area contributed by atoms with Crippen molar-refractivity contribution in [2.24, 2.45) is 12.1 Å². The van der Waals surface area contributed by atoms with Crippen LogP contribution in [-0.2, 0) is 7.05 Å². The van der Waals surface area contributed by atoms with Gasteiger partial charge in [0.25, 0.3) is 5.56 Å². The van der Waals surface area contributed by atoms with Crippen molar-refractivity contribution < 1.29 is 0 Å².